The predicted octanol–water partition coefficient (Wildman–Crippen LogP) is 1.57. The molecule has 5 nitrogen and oxygen atoms in total. The van der Waals surface area contributed by atoms with Crippen LogP contribution in [-0.2, 0) is 16.1 Å². The summed E-state index contributed by atoms with van der Waals surface area (Å²) in [5, 5.41) is 9.41. The molecule has 0 aromatic heterocycles. The van der Waals surface area contributed by atoms with E-state index < -0.39 is 17.9 Å². The number of carboxylic acids is 1. The number of nitrogens with two attached hydrogens (primary N) is 1. The lowest BCUT2D eigenvalue weighted by molar-refractivity contribution is -0.142. The van der Waals surface area contributed by atoms with Gasteiger partial charge in [0.25, 0.3) is 0 Å². The number of benzene rings is 1. The average molecular weight is 290 g/mol. The zero-order valence-electron chi connectivity index (χ0n) is 12.7. The van der Waals surface area contributed by atoms with E-state index in [2.05, 4.69) is 0 Å². The Hall–Kier alpha value is -1.88. The normalized spacial score (nSPS) is 19.8. The summed E-state index contributed by atoms with van der Waals surface area (Å²) in [6.45, 7) is 6.31. The molecular formula is C16H22N2O3. The van der Waals surface area contributed by atoms with E-state index in [4.69, 9.17) is 5.73 Å². The Morgan fingerprint density at radius 1 is 1.33 bits per heavy atom. The van der Waals surface area contributed by atoms with Gasteiger partial charge in [-0.25, -0.2) is 0 Å². The van der Waals surface area contributed by atoms with Crippen molar-refractivity contribution in [1.82, 2.24) is 4.90 Å². The predicted molar refractivity (Wildman–Crippen MR) is 79.7 cm³/mol. The molecule has 1 amide bonds. The van der Waals surface area contributed by atoms with Crippen LogP contribution in [0.3, 0.4) is 0 Å². The molecule has 1 aliphatic rings. The van der Waals surface area contributed by atoms with E-state index in [1.807, 2.05) is 45.0 Å². The SMILES string of the molecule is CC(C)(C)[C@@H](N)C(=O)N1Cc2ccccc2C(C(=O)O)C1. The third-order valence-electron chi connectivity index (χ3n) is 4.00. The fraction of sp³-hybridized carbons (Fsp3) is 0.500. The van der Waals surface area contributed by atoms with Crippen molar-refractivity contribution in [3.05, 3.63) is 35.4 Å². The van der Waals surface area contributed by atoms with Gasteiger partial charge in [-0.2, -0.15) is 0 Å². The van der Waals surface area contributed by atoms with Crippen LogP contribution in [0.5, 0.6) is 0 Å². The molecule has 114 valence electrons. The van der Waals surface area contributed by atoms with Crippen molar-refractivity contribution in [2.45, 2.75) is 39.3 Å². The van der Waals surface area contributed by atoms with Gasteiger partial charge in [-0.05, 0) is 16.5 Å². The molecule has 0 radical (unpaired) electrons. The molecule has 1 aromatic carbocycles. The Balaban J connectivity index is 2.30. The molecule has 0 fully saturated rings. The fourth-order valence-corrected chi connectivity index (χ4v) is 2.55. The molecule has 1 heterocycles. The summed E-state index contributed by atoms with van der Waals surface area (Å²) in [7, 11) is 0. The third-order valence-corrected chi connectivity index (χ3v) is 4.00. The number of carboxylic acid groups (broad SMARTS) is 1. The van der Waals surface area contributed by atoms with Gasteiger partial charge < -0.3 is 15.7 Å². The minimum absolute atomic E-state index is 0.176. The Bertz CT molecular complexity index is 563. The van der Waals surface area contributed by atoms with E-state index in [9.17, 15) is 14.7 Å². The Labute approximate surface area is 124 Å². The van der Waals surface area contributed by atoms with Crippen LogP contribution in [0.1, 0.15) is 37.8 Å². The number of rotatable bonds is 2. The van der Waals surface area contributed by atoms with Gasteiger partial charge in [-0.1, -0.05) is 45.0 Å². The maximum absolute atomic E-state index is 12.5. The van der Waals surface area contributed by atoms with Crippen molar-refractivity contribution in [3.8, 4) is 0 Å². The first-order chi connectivity index (χ1) is 9.71. The van der Waals surface area contributed by atoms with Gasteiger partial charge in [-0.3, -0.25) is 9.59 Å². The standard InChI is InChI=1S/C16H22N2O3/c1-16(2,3)13(17)14(19)18-8-10-6-4-5-7-11(10)12(9-18)15(20)21/h4-7,12-13H,8-9,17H2,1-3H3,(H,20,21)/t12?,13-/m0/s1. The Morgan fingerprint density at radius 3 is 2.52 bits per heavy atom. The number of amides is 1. The van der Waals surface area contributed by atoms with Gasteiger partial charge in [-0.15, -0.1) is 0 Å². The van der Waals surface area contributed by atoms with Crippen LogP contribution in [0.2, 0.25) is 0 Å². The van der Waals surface area contributed by atoms with Gasteiger partial charge in [0.2, 0.25) is 5.91 Å². The third kappa shape index (κ3) is 3.08. The second-order valence-corrected chi connectivity index (χ2v) is 6.65. The summed E-state index contributed by atoms with van der Waals surface area (Å²) < 4.78 is 0. The summed E-state index contributed by atoms with van der Waals surface area (Å²) in [6.07, 6.45) is 0. The van der Waals surface area contributed by atoms with Crippen LogP contribution in [0.15, 0.2) is 24.3 Å². The maximum Gasteiger partial charge on any atom is 0.312 e. The van der Waals surface area contributed by atoms with Crippen LogP contribution in [0.4, 0.5) is 0 Å². The summed E-state index contributed by atoms with van der Waals surface area (Å²) in [4.78, 5) is 25.6. The molecule has 0 bridgehead atoms. The Morgan fingerprint density at radius 2 is 1.95 bits per heavy atom. The lowest BCUT2D eigenvalue weighted by atomic mass is 9.84. The number of carbonyl (C=O) groups excluding carboxylic acids is 1. The molecule has 1 unspecified atom stereocenters. The average Bonchev–Trinajstić information content (AvgIpc) is 2.43. The topological polar surface area (TPSA) is 83.6 Å². The van der Waals surface area contributed by atoms with E-state index in [-0.39, 0.29) is 17.9 Å². The second kappa shape index (κ2) is 5.48. The minimum Gasteiger partial charge on any atom is -0.481 e. The molecule has 21 heavy (non-hydrogen) atoms. The van der Waals surface area contributed by atoms with Gasteiger partial charge in [0.15, 0.2) is 0 Å². The second-order valence-electron chi connectivity index (χ2n) is 6.65. The number of nitrogens with zero attached hydrogens (tertiary/aromatic N) is 1. The van der Waals surface area contributed by atoms with E-state index in [1.165, 1.54) is 0 Å². The minimum atomic E-state index is -0.913. The zero-order chi connectivity index (χ0) is 15.8. The first-order valence-corrected chi connectivity index (χ1v) is 7.07. The van der Waals surface area contributed by atoms with Crippen molar-refractivity contribution >= 4 is 11.9 Å². The summed E-state index contributed by atoms with van der Waals surface area (Å²) in [5.41, 5.74) is 7.34. The van der Waals surface area contributed by atoms with Gasteiger partial charge in [0.05, 0.1) is 12.0 Å². The van der Waals surface area contributed by atoms with Crippen molar-refractivity contribution in [3.63, 3.8) is 0 Å². The molecule has 0 spiro atoms. The van der Waals surface area contributed by atoms with E-state index in [0.29, 0.717) is 6.54 Å². The molecule has 0 saturated carbocycles. The molecule has 0 saturated heterocycles. The largest absolute Gasteiger partial charge is 0.481 e. The van der Waals surface area contributed by atoms with E-state index in [1.54, 1.807) is 4.90 Å². The highest BCUT2D eigenvalue weighted by molar-refractivity contribution is 5.85. The Kier molecular flexibility index (Phi) is 4.05. The maximum atomic E-state index is 12.5. The van der Waals surface area contributed by atoms with E-state index in [0.717, 1.165) is 11.1 Å². The summed E-state index contributed by atoms with van der Waals surface area (Å²) in [5.74, 6) is -1.79. The highest BCUT2D eigenvalue weighted by atomic mass is 16.4. The highest BCUT2D eigenvalue weighted by Crippen LogP contribution is 2.30. The van der Waals surface area contributed by atoms with Crippen LogP contribution in [0.25, 0.3) is 0 Å². The molecule has 1 aromatic rings. The van der Waals surface area contributed by atoms with Crippen LogP contribution in [0, 0.1) is 5.41 Å². The van der Waals surface area contributed by atoms with Crippen molar-refractivity contribution < 1.29 is 14.7 Å². The van der Waals surface area contributed by atoms with Gasteiger partial charge in [0, 0.05) is 13.1 Å². The van der Waals surface area contributed by atoms with Crippen molar-refractivity contribution in [1.29, 1.82) is 0 Å². The van der Waals surface area contributed by atoms with Crippen LogP contribution >= 0.6 is 0 Å². The monoisotopic (exact) mass is 290 g/mol. The zero-order valence-corrected chi connectivity index (χ0v) is 12.7. The number of hydrogen-bond acceptors (Lipinski definition) is 3. The molecular weight excluding hydrogens is 268 g/mol. The molecule has 1 aliphatic heterocycles. The molecule has 3 N–H and O–H groups in total. The number of aliphatic carboxylic acids is 1. The molecule has 2 atom stereocenters. The van der Waals surface area contributed by atoms with Crippen molar-refractivity contribution in [2.24, 2.45) is 11.1 Å². The van der Waals surface area contributed by atoms with Gasteiger partial charge in [0.1, 0.15) is 0 Å². The quantitative estimate of drug-likeness (QED) is 0.866. The van der Waals surface area contributed by atoms with Gasteiger partial charge >= 0.3 is 5.97 Å². The summed E-state index contributed by atoms with van der Waals surface area (Å²) >= 11 is 0. The van der Waals surface area contributed by atoms with E-state index >= 15 is 0 Å². The van der Waals surface area contributed by atoms with Crippen molar-refractivity contribution in [2.75, 3.05) is 6.54 Å². The molecule has 2 rings (SSSR count). The highest BCUT2D eigenvalue weighted by Gasteiger charge is 2.37. The smallest absolute Gasteiger partial charge is 0.312 e. The number of fused-ring (bicyclic) bond motifs is 1. The fourth-order valence-electron chi connectivity index (χ4n) is 2.55. The lowest BCUT2D eigenvalue weighted by Gasteiger charge is -2.37. The van der Waals surface area contributed by atoms with Crippen LogP contribution < -0.4 is 5.73 Å². The number of carbonyl (C=O) groups is 2. The molecule has 0 aliphatic carbocycles. The molecule has 5 heteroatoms. The first-order valence-electron chi connectivity index (χ1n) is 7.07. The lowest BCUT2D eigenvalue weighted by Crippen LogP contribution is -2.52. The first kappa shape index (κ1) is 15.5. The van der Waals surface area contributed by atoms with Crippen LogP contribution in [-0.4, -0.2) is 34.5 Å². The number of hydrogen-bond donors (Lipinski definition) is 2. The summed E-state index contributed by atoms with van der Waals surface area (Å²) in [6, 6.07) is 6.73.